The van der Waals surface area contributed by atoms with Crippen LogP contribution in [0, 0.1) is 6.92 Å². The van der Waals surface area contributed by atoms with Gasteiger partial charge in [-0.05, 0) is 30.7 Å². The normalized spacial score (nSPS) is 11.5. The Balaban J connectivity index is 1.68. The van der Waals surface area contributed by atoms with Crippen LogP contribution in [0.1, 0.15) is 11.1 Å². The Kier molecular flexibility index (Phi) is 7.21. The van der Waals surface area contributed by atoms with Gasteiger partial charge >= 0.3 is 0 Å². The SMILES string of the molecule is C=C(NOCC(=O)N=Nc1c(O)n(C[NH+](C)C)c2ccc(Br)cc12)c1ccc(C)cc1. The monoisotopic (exact) mass is 486 g/mol. The molecular weight excluding hydrogens is 462 g/mol. The Labute approximate surface area is 188 Å². The molecule has 0 radical (unpaired) electrons. The van der Waals surface area contributed by atoms with Gasteiger partial charge in [0.15, 0.2) is 19.0 Å². The van der Waals surface area contributed by atoms with E-state index >= 15 is 0 Å². The third kappa shape index (κ3) is 5.57. The van der Waals surface area contributed by atoms with Gasteiger partial charge in [0, 0.05) is 9.86 Å². The molecule has 0 atom stereocenters. The fourth-order valence-electron chi connectivity index (χ4n) is 3.00. The number of aromatic nitrogens is 1. The van der Waals surface area contributed by atoms with Gasteiger partial charge in [-0.15, -0.1) is 10.2 Å². The lowest BCUT2D eigenvalue weighted by Crippen LogP contribution is -3.04. The second kappa shape index (κ2) is 9.86. The number of fused-ring (bicyclic) bond motifs is 1. The molecule has 0 unspecified atom stereocenters. The van der Waals surface area contributed by atoms with Crippen LogP contribution in [0.4, 0.5) is 5.69 Å². The molecule has 31 heavy (non-hydrogen) atoms. The molecule has 0 aliphatic rings. The molecule has 8 nitrogen and oxygen atoms in total. The van der Waals surface area contributed by atoms with E-state index in [0.717, 1.165) is 26.0 Å². The molecule has 3 N–H and O–H groups in total. The second-order valence-electron chi connectivity index (χ2n) is 7.46. The lowest BCUT2D eigenvalue weighted by Gasteiger charge is -2.10. The molecule has 0 saturated heterocycles. The first kappa shape index (κ1) is 22.7. The van der Waals surface area contributed by atoms with Crippen LogP contribution in [0.25, 0.3) is 16.6 Å². The fourth-order valence-corrected chi connectivity index (χ4v) is 3.36. The van der Waals surface area contributed by atoms with Gasteiger partial charge in [0.25, 0.3) is 5.91 Å². The van der Waals surface area contributed by atoms with Gasteiger partial charge < -0.3 is 10.0 Å². The molecule has 0 aliphatic heterocycles. The van der Waals surface area contributed by atoms with E-state index in [9.17, 15) is 9.90 Å². The first-order chi connectivity index (χ1) is 14.8. The van der Waals surface area contributed by atoms with Crippen molar-refractivity contribution in [3.05, 3.63) is 64.6 Å². The molecule has 162 valence electrons. The number of hydroxylamine groups is 1. The van der Waals surface area contributed by atoms with Crippen LogP contribution >= 0.6 is 15.9 Å². The summed E-state index contributed by atoms with van der Waals surface area (Å²) >= 11 is 3.43. The highest BCUT2D eigenvalue weighted by atomic mass is 79.9. The number of rotatable bonds is 8. The van der Waals surface area contributed by atoms with Crippen LogP contribution in [0.2, 0.25) is 0 Å². The van der Waals surface area contributed by atoms with Gasteiger partial charge in [0.05, 0.1) is 25.3 Å². The van der Waals surface area contributed by atoms with E-state index in [4.69, 9.17) is 4.84 Å². The van der Waals surface area contributed by atoms with E-state index in [0.29, 0.717) is 17.8 Å². The van der Waals surface area contributed by atoms with Crippen LogP contribution in [-0.2, 0) is 16.3 Å². The number of hydrogen-bond donors (Lipinski definition) is 3. The van der Waals surface area contributed by atoms with Crippen molar-refractivity contribution >= 4 is 44.1 Å². The largest absolute Gasteiger partial charge is 0.493 e. The number of nitrogens with one attached hydrogen (secondary N) is 2. The van der Waals surface area contributed by atoms with Gasteiger partial charge in [-0.25, -0.2) is 0 Å². The molecule has 0 bridgehead atoms. The molecule has 1 heterocycles. The smallest absolute Gasteiger partial charge is 0.292 e. The predicted octanol–water partition coefficient (Wildman–Crippen LogP) is 3.32. The number of carbonyl (C=O) groups is 1. The van der Waals surface area contributed by atoms with E-state index < -0.39 is 5.91 Å². The van der Waals surface area contributed by atoms with E-state index in [2.05, 4.69) is 38.2 Å². The lowest BCUT2D eigenvalue weighted by atomic mass is 10.1. The maximum absolute atomic E-state index is 12.1. The average molecular weight is 487 g/mol. The summed E-state index contributed by atoms with van der Waals surface area (Å²) in [5, 5.41) is 19.1. The van der Waals surface area contributed by atoms with Crippen LogP contribution in [0.15, 0.2) is 63.7 Å². The van der Waals surface area contributed by atoms with E-state index in [1.54, 1.807) is 4.57 Å². The zero-order valence-electron chi connectivity index (χ0n) is 17.6. The highest BCUT2D eigenvalue weighted by molar-refractivity contribution is 9.10. The summed E-state index contributed by atoms with van der Waals surface area (Å²) in [7, 11) is 3.95. The minimum Gasteiger partial charge on any atom is -0.493 e. The van der Waals surface area contributed by atoms with Crippen molar-refractivity contribution in [1.29, 1.82) is 0 Å². The summed E-state index contributed by atoms with van der Waals surface area (Å²) in [5.41, 5.74) is 6.20. The number of nitrogens with zero attached hydrogens (tertiary/aromatic N) is 3. The maximum Gasteiger partial charge on any atom is 0.292 e. The molecule has 3 rings (SSSR count). The molecule has 1 amide bonds. The molecular formula is C22H25BrN5O3+. The molecule has 0 aliphatic carbocycles. The Hall–Kier alpha value is -3.01. The molecule has 0 spiro atoms. The van der Waals surface area contributed by atoms with Crippen molar-refractivity contribution in [3.63, 3.8) is 0 Å². The van der Waals surface area contributed by atoms with Gasteiger partial charge in [0.1, 0.15) is 0 Å². The third-order valence-corrected chi connectivity index (χ3v) is 4.99. The molecule has 2 aromatic carbocycles. The Morgan fingerprint density at radius 1 is 1.26 bits per heavy atom. The maximum atomic E-state index is 12.1. The van der Waals surface area contributed by atoms with Gasteiger partial charge in [-0.3, -0.25) is 19.7 Å². The van der Waals surface area contributed by atoms with Crippen LogP contribution < -0.4 is 10.4 Å². The molecule has 9 heteroatoms. The second-order valence-corrected chi connectivity index (χ2v) is 8.37. The number of carbonyl (C=O) groups excluding carboxylic acids is 1. The quantitative estimate of drug-likeness (QED) is 0.336. The summed E-state index contributed by atoms with van der Waals surface area (Å²) in [6.45, 7) is 6.07. The van der Waals surface area contributed by atoms with Gasteiger partial charge in [0.2, 0.25) is 5.88 Å². The van der Waals surface area contributed by atoms with Crippen molar-refractivity contribution in [2.75, 3.05) is 20.7 Å². The number of aryl methyl sites for hydroxylation is 1. The van der Waals surface area contributed by atoms with E-state index in [1.807, 2.05) is 63.5 Å². The van der Waals surface area contributed by atoms with Crippen molar-refractivity contribution in [2.24, 2.45) is 10.2 Å². The third-order valence-electron chi connectivity index (χ3n) is 4.50. The fraction of sp³-hybridized carbons (Fsp3) is 0.227. The van der Waals surface area contributed by atoms with Crippen LogP contribution in [-0.4, -0.2) is 36.3 Å². The number of halogens is 1. The number of aromatic hydroxyl groups is 1. The Morgan fingerprint density at radius 2 is 1.97 bits per heavy atom. The number of azo groups is 1. The lowest BCUT2D eigenvalue weighted by molar-refractivity contribution is -0.882. The van der Waals surface area contributed by atoms with Crippen molar-refractivity contribution in [2.45, 2.75) is 13.6 Å². The van der Waals surface area contributed by atoms with E-state index in [-0.39, 0.29) is 18.2 Å². The molecule has 0 saturated carbocycles. The zero-order chi connectivity index (χ0) is 22.5. The van der Waals surface area contributed by atoms with Gasteiger partial charge in [-0.2, -0.15) is 0 Å². The van der Waals surface area contributed by atoms with Crippen molar-refractivity contribution in [3.8, 4) is 5.88 Å². The minimum atomic E-state index is -0.599. The van der Waals surface area contributed by atoms with Crippen molar-refractivity contribution < 1.29 is 19.6 Å². The summed E-state index contributed by atoms with van der Waals surface area (Å²) in [6, 6.07) is 13.3. The molecule has 0 fully saturated rings. The topological polar surface area (TPSA) is 92.7 Å². The van der Waals surface area contributed by atoms with Crippen molar-refractivity contribution in [1.82, 2.24) is 10.0 Å². The number of quaternary nitrogens is 1. The first-order valence-electron chi connectivity index (χ1n) is 9.64. The number of amides is 1. The Morgan fingerprint density at radius 3 is 2.65 bits per heavy atom. The number of hydrogen-bond acceptors (Lipinski definition) is 5. The predicted molar refractivity (Wildman–Crippen MR) is 123 cm³/mol. The highest BCUT2D eigenvalue weighted by Crippen LogP contribution is 2.39. The summed E-state index contributed by atoms with van der Waals surface area (Å²) in [4.78, 5) is 18.4. The zero-order valence-corrected chi connectivity index (χ0v) is 19.2. The highest BCUT2D eigenvalue weighted by Gasteiger charge is 2.19. The minimum absolute atomic E-state index is 0.0438. The first-order valence-corrected chi connectivity index (χ1v) is 10.4. The summed E-state index contributed by atoms with van der Waals surface area (Å²) in [6.07, 6.45) is 0. The van der Waals surface area contributed by atoms with E-state index in [1.165, 1.54) is 0 Å². The Bertz CT molecular complexity index is 1140. The number of benzene rings is 2. The standard InChI is InChI=1S/C22H24BrN5O3/c1-14-5-7-16(8-6-14)15(2)26-31-12-20(29)24-25-21-18-11-17(23)9-10-19(18)28(22(21)30)13-27(3)4/h5-11,26,30H,2,12-13H2,1,3-4H3/p+1. The van der Waals surface area contributed by atoms with Crippen LogP contribution in [0.3, 0.4) is 0 Å². The summed E-state index contributed by atoms with van der Waals surface area (Å²) in [5.74, 6) is -0.643. The molecule has 1 aromatic heterocycles. The molecule has 3 aromatic rings. The average Bonchev–Trinajstić information content (AvgIpc) is 2.96. The summed E-state index contributed by atoms with van der Waals surface area (Å²) < 4.78 is 2.57. The van der Waals surface area contributed by atoms with Crippen LogP contribution in [0.5, 0.6) is 5.88 Å². The van der Waals surface area contributed by atoms with Gasteiger partial charge in [-0.1, -0.05) is 52.3 Å².